The Hall–Kier alpha value is -1.54. The number of hydrogen-bond acceptors (Lipinski definition) is 3. The number of nitrogens with zero attached hydrogens (tertiary/aromatic N) is 3. The Balaban J connectivity index is 0.00000162. The molecule has 1 aromatic heterocycles. The number of rotatable bonds is 3. The summed E-state index contributed by atoms with van der Waals surface area (Å²) in [6.07, 6.45) is 3.55. The van der Waals surface area contributed by atoms with Crippen LogP contribution in [0.2, 0.25) is 5.02 Å². The number of aromatic nitrogens is 2. The smallest absolute Gasteiger partial charge is 0.128 e. The van der Waals surface area contributed by atoms with Gasteiger partial charge in [0.2, 0.25) is 0 Å². The van der Waals surface area contributed by atoms with Gasteiger partial charge in [-0.25, -0.2) is 0 Å². The number of nitriles is 1. The van der Waals surface area contributed by atoms with E-state index in [1.807, 2.05) is 30.5 Å². The second-order valence-corrected chi connectivity index (χ2v) is 4.00. The van der Waals surface area contributed by atoms with Crippen LogP contribution >= 0.6 is 24.0 Å². The Morgan fingerprint density at radius 2 is 2.17 bits per heavy atom. The van der Waals surface area contributed by atoms with Gasteiger partial charge in [-0.15, -0.1) is 12.4 Å². The van der Waals surface area contributed by atoms with Gasteiger partial charge in [-0.05, 0) is 23.3 Å². The molecule has 0 aliphatic carbocycles. The lowest BCUT2D eigenvalue weighted by atomic mass is 10.1. The van der Waals surface area contributed by atoms with Gasteiger partial charge >= 0.3 is 0 Å². The van der Waals surface area contributed by atoms with Crippen LogP contribution in [0.25, 0.3) is 11.1 Å². The van der Waals surface area contributed by atoms with E-state index < -0.39 is 0 Å². The molecule has 2 N–H and O–H groups in total. The van der Waals surface area contributed by atoms with Crippen LogP contribution in [0.3, 0.4) is 0 Å². The van der Waals surface area contributed by atoms with Gasteiger partial charge in [0, 0.05) is 23.3 Å². The van der Waals surface area contributed by atoms with E-state index in [0.717, 1.165) is 16.7 Å². The number of hydrogen-bond donors (Lipinski definition) is 1. The molecule has 1 heterocycles. The Labute approximate surface area is 116 Å². The van der Waals surface area contributed by atoms with Gasteiger partial charge in [0.15, 0.2) is 0 Å². The topological polar surface area (TPSA) is 67.6 Å². The van der Waals surface area contributed by atoms with E-state index in [1.54, 1.807) is 10.9 Å². The second kappa shape index (κ2) is 6.41. The molecule has 0 saturated carbocycles. The van der Waals surface area contributed by atoms with Crippen molar-refractivity contribution in [2.24, 2.45) is 5.73 Å². The fraction of sp³-hybridized carbons (Fsp3) is 0.167. The molecule has 0 aliphatic rings. The highest BCUT2D eigenvalue weighted by atomic mass is 35.5. The second-order valence-electron chi connectivity index (χ2n) is 3.60. The number of benzene rings is 1. The first-order valence-corrected chi connectivity index (χ1v) is 5.50. The average molecular weight is 283 g/mol. The largest absolute Gasteiger partial charge is 0.326 e. The lowest BCUT2D eigenvalue weighted by Gasteiger charge is -2.03. The summed E-state index contributed by atoms with van der Waals surface area (Å²) < 4.78 is 1.59. The van der Waals surface area contributed by atoms with Crippen LogP contribution in [0.15, 0.2) is 30.6 Å². The minimum absolute atomic E-state index is 0. The van der Waals surface area contributed by atoms with Crippen molar-refractivity contribution in [1.82, 2.24) is 9.78 Å². The summed E-state index contributed by atoms with van der Waals surface area (Å²) in [6.45, 7) is 0.649. The molecule has 0 fully saturated rings. The van der Waals surface area contributed by atoms with Gasteiger partial charge in [-0.3, -0.25) is 4.68 Å². The van der Waals surface area contributed by atoms with Crippen LogP contribution in [0.1, 0.15) is 5.56 Å². The van der Waals surface area contributed by atoms with Gasteiger partial charge in [0.25, 0.3) is 0 Å². The first kappa shape index (κ1) is 14.5. The van der Waals surface area contributed by atoms with Gasteiger partial charge in [0.1, 0.15) is 6.54 Å². The summed E-state index contributed by atoms with van der Waals surface area (Å²) in [4.78, 5) is 0. The zero-order chi connectivity index (χ0) is 12.3. The highest BCUT2D eigenvalue weighted by molar-refractivity contribution is 6.31. The van der Waals surface area contributed by atoms with Crippen molar-refractivity contribution in [3.63, 3.8) is 0 Å². The molecule has 0 aliphatic heterocycles. The van der Waals surface area contributed by atoms with Crippen molar-refractivity contribution in [3.05, 3.63) is 41.2 Å². The van der Waals surface area contributed by atoms with E-state index in [9.17, 15) is 0 Å². The minimum Gasteiger partial charge on any atom is -0.326 e. The third-order valence-corrected chi connectivity index (χ3v) is 2.83. The van der Waals surface area contributed by atoms with E-state index in [2.05, 4.69) is 5.10 Å². The van der Waals surface area contributed by atoms with Crippen LogP contribution < -0.4 is 5.73 Å². The average Bonchev–Trinajstić information content (AvgIpc) is 2.79. The molecule has 0 amide bonds. The van der Waals surface area contributed by atoms with Gasteiger partial charge in [-0.2, -0.15) is 10.4 Å². The molecule has 0 bridgehead atoms. The lowest BCUT2D eigenvalue weighted by Crippen LogP contribution is -1.97. The summed E-state index contributed by atoms with van der Waals surface area (Å²) >= 11 is 5.99. The fourth-order valence-corrected chi connectivity index (χ4v) is 1.78. The maximum Gasteiger partial charge on any atom is 0.128 e. The van der Waals surface area contributed by atoms with Crippen LogP contribution in [-0.2, 0) is 13.1 Å². The molecule has 6 heteroatoms. The maximum atomic E-state index is 8.57. The van der Waals surface area contributed by atoms with E-state index >= 15 is 0 Å². The van der Waals surface area contributed by atoms with Crippen molar-refractivity contribution >= 4 is 24.0 Å². The van der Waals surface area contributed by atoms with E-state index in [-0.39, 0.29) is 19.0 Å². The van der Waals surface area contributed by atoms with Gasteiger partial charge in [-0.1, -0.05) is 17.7 Å². The highest BCUT2D eigenvalue weighted by Crippen LogP contribution is 2.24. The third kappa shape index (κ3) is 3.02. The maximum absolute atomic E-state index is 8.57. The standard InChI is InChI=1S/C12H11ClN4.ClH/c13-12-2-1-9(5-10(12)6-15)11-7-16-17(8-11)4-3-14;/h1-2,5,7-8H,4,6,15H2;1H. The SMILES string of the molecule is Cl.N#CCn1cc(-c2ccc(Cl)c(CN)c2)cn1. The van der Waals surface area contributed by atoms with Crippen molar-refractivity contribution < 1.29 is 0 Å². The summed E-state index contributed by atoms with van der Waals surface area (Å²) in [5.74, 6) is 0. The summed E-state index contributed by atoms with van der Waals surface area (Å²) in [6, 6.07) is 7.71. The molecule has 2 aromatic rings. The molecule has 0 unspecified atom stereocenters. The van der Waals surface area contributed by atoms with Crippen LogP contribution in [0.5, 0.6) is 0 Å². The molecule has 0 atom stereocenters. The molecule has 1 aromatic carbocycles. The fourth-order valence-electron chi connectivity index (χ4n) is 1.58. The predicted molar refractivity (Wildman–Crippen MR) is 73.4 cm³/mol. The van der Waals surface area contributed by atoms with Crippen LogP contribution in [-0.4, -0.2) is 9.78 Å². The van der Waals surface area contributed by atoms with Crippen LogP contribution in [0.4, 0.5) is 0 Å². The Morgan fingerprint density at radius 1 is 1.39 bits per heavy atom. The Kier molecular flexibility index (Phi) is 5.17. The molecule has 0 radical (unpaired) electrons. The highest BCUT2D eigenvalue weighted by Gasteiger charge is 2.05. The molecule has 0 spiro atoms. The zero-order valence-electron chi connectivity index (χ0n) is 9.51. The molecule has 0 saturated heterocycles. The number of halogens is 2. The summed E-state index contributed by atoms with van der Waals surface area (Å²) in [5.41, 5.74) is 8.45. The summed E-state index contributed by atoms with van der Waals surface area (Å²) in [5, 5.41) is 13.3. The molecular weight excluding hydrogens is 271 g/mol. The molecule has 4 nitrogen and oxygen atoms in total. The first-order chi connectivity index (χ1) is 8.24. The monoisotopic (exact) mass is 282 g/mol. The minimum atomic E-state index is 0. The lowest BCUT2D eigenvalue weighted by molar-refractivity contribution is 0.710. The normalized spacial score (nSPS) is 9.61. The molecule has 18 heavy (non-hydrogen) atoms. The van der Waals surface area contributed by atoms with Crippen molar-refractivity contribution in [2.45, 2.75) is 13.1 Å². The molecular formula is C12H12Cl2N4. The molecule has 94 valence electrons. The van der Waals surface area contributed by atoms with E-state index in [1.165, 1.54) is 0 Å². The van der Waals surface area contributed by atoms with Crippen LogP contribution in [0, 0.1) is 11.3 Å². The van der Waals surface area contributed by atoms with Crippen molar-refractivity contribution in [2.75, 3.05) is 0 Å². The third-order valence-electron chi connectivity index (χ3n) is 2.46. The summed E-state index contributed by atoms with van der Waals surface area (Å²) in [7, 11) is 0. The molecule has 2 rings (SSSR count). The van der Waals surface area contributed by atoms with E-state index in [0.29, 0.717) is 11.6 Å². The zero-order valence-corrected chi connectivity index (χ0v) is 11.1. The number of nitrogens with two attached hydrogens (primary N) is 1. The Morgan fingerprint density at radius 3 is 2.83 bits per heavy atom. The van der Waals surface area contributed by atoms with Crippen molar-refractivity contribution in [1.29, 1.82) is 5.26 Å². The Bertz CT molecular complexity index is 572. The first-order valence-electron chi connectivity index (χ1n) is 5.13. The van der Waals surface area contributed by atoms with Crippen molar-refractivity contribution in [3.8, 4) is 17.2 Å². The quantitative estimate of drug-likeness (QED) is 0.941. The predicted octanol–water partition coefficient (Wildman–Crippen LogP) is 2.61. The van der Waals surface area contributed by atoms with Gasteiger partial charge < -0.3 is 5.73 Å². The van der Waals surface area contributed by atoms with E-state index in [4.69, 9.17) is 22.6 Å². The van der Waals surface area contributed by atoms with Gasteiger partial charge in [0.05, 0.1) is 12.3 Å².